The third-order valence-electron chi connectivity index (χ3n) is 0.963. The number of aliphatic hydroxyl groups excluding tert-OH is 1. The fourth-order valence-corrected chi connectivity index (χ4v) is 0.526. The first-order chi connectivity index (χ1) is 4.86. The molecule has 4 nitrogen and oxygen atoms in total. The summed E-state index contributed by atoms with van der Waals surface area (Å²) in [5.74, 6) is 0.0755. The van der Waals surface area contributed by atoms with Gasteiger partial charge in [-0.05, 0) is 0 Å². The third-order valence-corrected chi connectivity index (χ3v) is 0.963. The van der Waals surface area contributed by atoms with Crippen molar-refractivity contribution in [2.75, 3.05) is 0 Å². The smallest absolute Gasteiger partial charge is 0.371 e. The van der Waals surface area contributed by atoms with Gasteiger partial charge in [0, 0.05) is 6.07 Å². The Morgan fingerprint density at radius 2 is 2.50 bits per heavy atom. The molecule has 1 aromatic rings. The number of hydrogen-bond donors (Lipinski definition) is 1. The van der Waals surface area contributed by atoms with Gasteiger partial charge in [-0.15, -0.1) is 6.57 Å². The summed E-state index contributed by atoms with van der Waals surface area (Å²) in [6.45, 7) is 6.39. The van der Waals surface area contributed by atoms with E-state index in [1.54, 1.807) is 6.07 Å². The predicted octanol–water partition coefficient (Wildman–Crippen LogP) is 0.520. The van der Waals surface area contributed by atoms with Crippen molar-refractivity contribution in [1.29, 1.82) is 0 Å². The Bertz CT molecular complexity index is 266. The van der Waals surface area contributed by atoms with E-state index in [4.69, 9.17) is 11.7 Å². The van der Waals surface area contributed by atoms with Crippen molar-refractivity contribution in [3.05, 3.63) is 29.4 Å². The van der Waals surface area contributed by atoms with E-state index in [0.717, 1.165) is 0 Å². The average Bonchev–Trinajstić information content (AvgIpc) is 2.05. The van der Waals surface area contributed by atoms with E-state index in [1.807, 2.05) is 0 Å². The zero-order valence-corrected chi connectivity index (χ0v) is 5.15. The lowest BCUT2D eigenvalue weighted by atomic mass is 10.4. The molecule has 0 amide bonds. The van der Waals surface area contributed by atoms with Crippen LogP contribution in [0.5, 0.6) is 0 Å². The maximum atomic E-state index is 8.56. The first kappa shape index (κ1) is 6.65. The van der Waals surface area contributed by atoms with Crippen LogP contribution < -0.4 is 0 Å². The van der Waals surface area contributed by atoms with Gasteiger partial charge >= 0.3 is 5.95 Å². The highest BCUT2D eigenvalue weighted by molar-refractivity contribution is 5.24. The standard InChI is InChI=1S/C6H5N3O/c1-7-6-8-3-2-5(4-10)9-6/h2-3,10H,4H2. The van der Waals surface area contributed by atoms with Crippen molar-refractivity contribution in [2.45, 2.75) is 6.61 Å². The fraction of sp³-hybridized carbons (Fsp3) is 0.167. The molecule has 50 valence electrons. The van der Waals surface area contributed by atoms with Crippen LogP contribution in [0.4, 0.5) is 5.95 Å². The van der Waals surface area contributed by atoms with E-state index in [1.165, 1.54) is 6.20 Å². The minimum absolute atomic E-state index is 0.0755. The molecule has 4 heteroatoms. The third kappa shape index (κ3) is 1.27. The van der Waals surface area contributed by atoms with Crippen molar-refractivity contribution >= 4 is 5.95 Å². The molecule has 1 heterocycles. The van der Waals surface area contributed by atoms with Gasteiger partial charge in [-0.3, -0.25) is 0 Å². The van der Waals surface area contributed by atoms with Crippen LogP contribution in [-0.2, 0) is 6.61 Å². The van der Waals surface area contributed by atoms with Crippen LogP contribution in [0.1, 0.15) is 5.69 Å². The van der Waals surface area contributed by atoms with E-state index >= 15 is 0 Å². The monoisotopic (exact) mass is 135 g/mol. The van der Waals surface area contributed by atoms with Gasteiger partial charge in [0.1, 0.15) is 5.69 Å². The topological polar surface area (TPSA) is 50.4 Å². The molecule has 0 aromatic carbocycles. The zero-order chi connectivity index (χ0) is 7.40. The Kier molecular flexibility index (Phi) is 1.92. The number of nitrogens with zero attached hydrogens (tertiary/aromatic N) is 3. The van der Waals surface area contributed by atoms with Gasteiger partial charge in [-0.25, -0.2) is 0 Å². The molecule has 0 unspecified atom stereocenters. The van der Waals surface area contributed by atoms with Crippen molar-refractivity contribution in [3.8, 4) is 0 Å². The molecular weight excluding hydrogens is 130 g/mol. The summed E-state index contributed by atoms with van der Waals surface area (Å²) in [4.78, 5) is 10.3. The normalized spacial score (nSPS) is 8.80. The molecule has 0 fully saturated rings. The predicted molar refractivity (Wildman–Crippen MR) is 34.2 cm³/mol. The maximum absolute atomic E-state index is 8.56. The Balaban J connectivity index is 3.01. The van der Waals surface area contributed by atoms with Crippen LogP contribution in [0.15, 0.2) is 12.3 Å². The van der Waals surface area contributed by atoms with Gasteiger partial charge in [-0.1, -0.05) is 0 Å². The first-order valence-electron chi connectivity index (χ1n) is 2.67. The minimum Gasteiger partial charge on any atom is -0.394 e. The van der Waals surface area contributed by atoms with Gasteiger partial charge in [0.15, 0.2) is 0 Å². The molecule has 0 spiro atoms. The molecule has 0 aliphatic rings. The minimum atomic E-state index is -0.148. The molecule has 0 radical (unpaired) electrons. The molecule has 10 heavy (non-hydrogen) atoms. The number of aliphatic hydroxyl groups is 1. The molecule has 0 saturated heterocycles. The van der Waals surface area contributed by atoms with E-state index in [0.29, 0.717) is 5.69 Å². The lowest BCUT2D eigenvalue weighted by Gasteiger charge is -1.88. The van der Waals surface area contributed by atoms with Crippen LogP contribution >= 0.6 is 0 Å². The lowest BCUT2D eigenvalue weighted by molar-refractivity contribution is 0.277. The molecule has 1 aromatic heterocycles. The van der Waals surface area contributed by atoms with Gasteiger partial charge in [0.25, 0.3) is 0 Å². The van der Waals surface area contributed by atoms with Crippen molar-refractivity contribution in [2.24, 2.45) is 0 Å². The SMILES string of the molecule is [C-]#[N+]c1nccc(CO)n1. The number of aromatic nitrogens is 2. The number of hydrogen-bond acceptors (Lipinski definition) is 3. The Hall–Kier alpha value is -1.47. The summed E-state index contributed by atoms with van der Waals surface area (Å²) < 4.78 is 0. The Morgan fingerprint density at radius 1 is 1.70 bits per heavy atom. The van der Waals surface area contributed by atoms with Crippen LogP contribution in [0.2, 0.25) is 0 Å². The average molecular weight is 135 g/mol. The van der Waals surface area contributed by atoms with Crippen molar-refractivity contribution in [3.63, 3.8) is 0 Å². The summed E-state index contributed by atoms with van der Waals surface area (Å²) in [7, 11) is 0. The first-order valence-corrected chi connectivity index (χ1v) is 2.67. The molecule has 0 bridgehead atoms. The van der Waals surface area contributed by atoms with Gasteiger partial charge < -0.3 is 9.95 Å². The van der Waals surface area contributed by atoms with Gasteiger partial charge in [-0.2, -0.15) is 9.97 Å². The van der Waals surface area contributed by atoms with Crippen LogP contribution in [0.3, 0.4) is 0 Å². The second kappa shape index (κ2) is 2.90. The Morgan fingerprint density at radius 3 is 3.10 bits per heavy atom. The van der Waals surface area contributed by atoms with Gasteiger partial charge in [0.05, 0.1) is 12.8 Å². The highest BCUT2D eigenvalue weighted by Crippen LogP contribution is 2.02. The van der Waals surface area contributed by atoms with Gasteiger partial charge in [0.2, 0.25) is 0 Å². The molecule has 1 N–H and O–H groups in total. The zero-order valence-electron chi connectivity index (χ0n) is 5.15. The van der Waals surface area contributed by atoms with E-state index in [2.05, 4.69) is 14.8 Å². The quantitative estimate of drug-likeness (QED) is 0.571. The van der Waals surface area contributed by atoms with Crippen LogP contribution in [0.25, 0.3) is 4.85 Å². The Labute approximate surface area is 58.0 Å². The molecule has 0 atom stereocenters. The second-order valence-electron chi connectivity index (χ2n) is 1.62. The second-order valence-corrected chi connectivity index (χ2v) is 1.62. The van der Waals surface area contributed by atoms with Crippen molar-refractivity contribution in [1.82, 2.24) is 9.97 Å². The van der Waals surface area contributed by atoms with Crippen LogP contribution in [-0.4, -0.2) is 15.1 Å². The maximum Gasteiger partial charge on any atom is 0.371 e. The molecular formula is C6H5N3O. The highest BCUT2D eigenvalue weighted by Gasteiger charge is 1.97. The van der Waals surface area contributed by atoms with E-state index in [-0.39, 0.29) is 12.6 Å². The highest BCUT2D eigenvalue weighted by atomic mass is 16.3. The summed E-state index contributed by atoms with van der Waals surface area (Å²) in [5, 5.41) is 8.56. The molecule has 0 aliphatic carbocycles. The number of rotatable bonds is 1. The lowest BCUT2D eigenvalue weighted by Crippen LogP contribution is -1.88. The van der Waals surface area contributed by atoms with E-state index in [9.17, 15) is 0 Å². The molecule has 0 aliphatic heterocycles. The van der Waals surface area contributed by atoms with E-state index < -0.39 is 0 Å². The summed E-state index contributed by atoms with van der Waals surface area (Å²) in [6.07, 6.45) is 1.45. The largest absolute Gasteiger partial charge is 0.394 e. The fourth-order valence-electron chi connectivity index (χ4n) is 0.526. The summed E-state index contributed by atoms with van der Waals surface area (Å²) >= 11 is 0. The molecule has 0 saturated carbocycles. The van der Waals surface area contributed by atoms with Crippen molar-refractivity contribution < 1.29 is 5.11 Å². The van der Waals surface area contributed by atoms with Crippen LogP contribution in [0, 0.1) is 6.57 Å². The molecule has 1 rings (SSSR count). The summed E-state index contributed by atoms with van der Waals surface area (Å²) in [5.41, 5.74) is 0.473. The summed E-state index contributed by atoms with van der Waals surface area (Å²) in [6, 6.07) is 1.56.